The van der Waals surface area contributed by atoms with Crippen molar-refractivity contribution in [2.24, 2.45) is 9.98 Å². The molecular formula is C68H119CrN4O5-. The van der Waals surface area contributed by atoms with Crippen LogP contribution in [0.5, 0.6) is 11.5 Å². The Kier molecular flexibility index (Phi) is 42.5. The van der Waals surface area contributed by atoms with Crippen LogP contribution < -0.4 is 0 Å². The molecule has 0 saturated carbocycles. The summed E-state index contributed by atoms with van der Waals surface area (Å²) >= 11 is 0. The van der Waals surface area contributed by atoms with Crippen molar-refractivity contribution >= 4 is 30.0 Å². The van der Waals surface area contributed by atoms with Gasteiger partial charge in [0.1, 0.15) is 11.5 Å². The van der Waals surface area contributed by atoms with Crippen LogP contribution in [-0.4, -0.2) is 100 Å². The third-order valence-corrected chi connectivity index (χ3v) is 16.4. The molecule has 0 bridgehead atoms. The molecule has 3 aromatic rings. The van der Waals surface area contributed by atoms with Gasteiger partial charge in [0, 0.05) is 40.9 Å². The Morgan fingerprint density at radius 2 is 0.705 bits per heavy atom. The third kappa shape index (κ3) is 26.7. The van der Waals surface area contributed by atoms with Gasteiger partial charge in [-0.15, -0.1) is 0 Å². The van der Waals surface area contributed by atoms with E-state index in [1.54, 1.807) is 0 Å². The van der Waals surface area contributed by atoms with E-state index in [0.717, 1.165) is 59.3 Å². The summed E-state index contributed by atoms with van der Waals surface area (Å²) in [5.74, 6) is 0.577. The minimum atomic E-state index is -1.83. The van der Waals surface area contributed by atoms with Crippen molar-refractivity contribution in [3.63, 3.8) is 0 Å². The number of aromatic hydroxyl groups is 2. The van der Waals surface area contributed by atoms with E-state index in [1.807, 2.05) is 43.6 Å². The van der Waals surface area contributed by atoms with E-state index in [4.69, 9.17) is 25.0 Å². The Balaban J connectivity index is -0.00000678. The van der Waals surface area contributed by atoms with Crippen LogP contribution in [0.1, 0.15) is 244 Å². The smallest absolute Gasteiger partial charge is 0.503 e. The van der Waals surface area contributed by atoms with Crippen molar-refractivity contribution < 1.29 is 51.5 Å². The van der Waals surface area contributed by atoms with E-state index in [1.165, 1.54) is 188 Å². The second-order valence-corrected chi connectivity index (χ2v) is 22.9. The summed E-state index contributed by atoms with van der Waals surface area (Å²) in [5.41, 5.74) is 7.35. The number of carbonyl (C=O) groups is 1. The number of phenolic OH excluding ortho intramolecular Hbond substituents is 2. The molecule has 9 nitrogen and oxygen atoms in total. The van der Waals surface area contributed by atoms with Crippen LogP contribution in [0, 0.1) is 36.1 Å². The molecule has 3 rings (SSSR count). The minimum Gasteiger partial charge on any atom is -0.507 e. The van der Waals surface area contributed by atoms with Crippen molar-refractivity contribution in [1.82, 2.24) is 0 Å². The molecule has 0 saturated heterocycles. The molecule has 0 aliphatic rings. The number of aliphatic imine (C=N–C) groups is 2. The average Bonchev–Trinajstić information content (AvgIpc) is 3.38. The molecule has 3 aromatic carbocycles. The number of para-hydroxylation sites is 2. The van der Waals surface area contributed by atoms with Gasteiger partial charge in [-0.2, -0.15) is 0 Å². The second kappa shape index (κ2) is 42.2. The van der Waals surface area contributed by atoms with E-state index < -0.39 is 6.16 Å². The van der Waals surface area contributed by atoms with Crippen molar-refractivity contribution in [3.8, 4) is 11.5 Å². The van der Waals surface area contributed by atoms with Crippen molar-refractivity contribution in [1.29, 1.82) is 0 Å². The number of nitrogens with zero attached hydrogens (tertiary/aromatic N) is 4. The molecule has 4 N–H and O–H groups in total. The molecule has 0 aliphatic carbocycles. The van der Waals surface area contributed by atoms with Gasteiger partial charge in [0.2, 0.25) is 0 Å². The Bertz CT molecular complexity index is 2010. The number of hydrogen-bond acceptors (Lipinski definition) is 5. The normalized spacial score (nSPS) is 11.8. The summed E-state index contributed by atoms with van der Waals surface area (Å²) in [7, 11) is 0. The summed E-state index contributed by atoms with van der Waals surface area (Å²) < 4.78 is 2.54. The first kappa shape index (κ1) is 78.5. The van der Waals surface area contributed by atoms with Crippen LogP contribution in [0.15, 0.2) is 58.5 Å². The quantitative estimate of drug-likeness (QED) is 0.0259. The van der Waals surface area contributed by atoms with Gasteiger partial charge in [-0.1, -0.05) is 158 Å². The van der Waals surface area contributed by atoms with Crippen molar-refractivity contribution in [3.05, 3.63) is 104 Å². The van der Waals surface area contributed by atoms with E-state index in [0.29, 0.717) is 5.75 Å². The number of quaternary nitrogens is 2. The number of unbranched alkanes of at least 4 members (excludes halogenated alkanes) is 8. The zero-order valence-electron chi connectivity index (χ0n) is 52.9. The molecular weight excluding hydrogens is 1000 g/mol. The zero-order chi connectivity index (χ0) is 55.0. The number of carboxylic acid groups (broad SMARTS) is 2. The van der Waals surface area contributed by atoms with Crippen molar-refractivity contribution in [2.45, 2.75) is 235 Å². The number of rotatable bonds is 38. The molecule has 0 amide bonds. The fraction of sp³-hybridized carbons (Fsp3) is 0.647. The molecule has 0 unspecified atom stereocenters. The predicted molar refractivity (Wildman–Crippen MR) is 338 cm³/mol. The average molecular weight is 1120 g/mol. The van der Waals surface area contributed by atoms with Gasteiger partial charge in [-0.3, -0.25) is 9.98 Å². The van der Waals surface area contributed by atoms with Crippen LogP contribution in [0.4, 0.5) is 16.2 Å². The molecule has 10 heteroatoms. The summed E-state index contributed by atoms with van der Waals surface area (Å²) in [6, 6.07) is 16.9. The van der Waals surface area contributed by atoms with Gasteiger partial charge >= 0.3 is 6.16 Å². The largest absolute Gasteiger partial charge is 0.507 e. The first-order chi connectivity index (χ1) is 35.4. The Labute approximate surface area is 492 Å². The number of benzene rings is 3. The summed E-state index contributed by atoms with van der Waals surface area (Å²) in [6.07, 6.45) is 28.9. The minimum absolute atomic E-state index is 0. The van der Waals surface area contributed by atoms with Gasteiger partial charge in [0.05, 0.1) is 63.7 Å². The molecule has 448 valence electrons. The molecule has 0 spiro atoms. The fourth-order valence-electron chi connectivity index (χ4n) is 11.3. The van der Waals surface area contributed by atoms with Gasteiger partial charge in [-0.05, 0) is 148 Å². The van der Waals surface area contributed by atoms with Gasteiger partial charge < -0.3 is 51.7 Å². The molecule has 0 atom stereocenters. The standard InChI is InChI=1S/C64H106N4O2.CH2O3.3CH3.Cr/c1-13-21-35-63(11,36-22-14-2)57-47-53(9)61(69)55(49-57)51-65-59-33-29-30-34-60(59)66-52-56-50-58(48-54(10)62(56)70)64(12,37-31-45-67(39-23-15-3,40-24-16-4)41-25-17-5)38-32-46-68(42-26-18-6,43-27-19-7)44-28-20-8;2-1(3)4;;;;/h29-30,33-34,47-52H,13-28,31-32,35-46H2,1-12H3;(H2,2,3,4);3*1H3;/q;;3*-1;/p+2. The molecule has 0 aliphatic heterocycles. The predicted octanol–water partition coefficient (Wildman–Crippen LogP) is 19.7. The first-order valence-corrected chi connectivity index (χ1v) is 29.9. The van der Waals surface area contributed by atoms with E-state index in [2.05, 4.69) is 100 Å². The Morgan fingerprint density at radius 3 is 0.962 bits per heavy atom. The van der Waals surface area contributed by atoms with Crippen LogP contribution in [0.3, 0.4) is 0 Å². The molecule has 0 fully saturated rings. The van der Waals surface area contributed by atoms with E-state index >= 15 is 0 Å². The van der Waals surface area contributed by atoms with Gasteiger partial charge in [0.15, 0.2) is 0 Å². The summed E-state index contributed by atoms with van der Waals surface area (Å²) in [5, 5.41) is 37.0. The van der Waals surface area contributed by atoms with E-state index in [9.17, 15) is 10.2 Å². The second-order valence-electron chi connectivity index (χ2n) is 22.9. The van der Waals surface area contributed by atoms with Crippen LogP contribution in [-0.2, 0) is 28.2 Å². The van der Waals surface area contributed by atoms with Crippen LogP contribution in [0.2, 0.25) is 0 Å². The SMILES string of the molecule is CCCCC(C)(CCCC)c1cc(C)c(O)c(C=Nc2ccccc2N=Cc2cc(C(C)(CCC[N+](CCCC)(CCCC)CCCC)CCC[N+](CCCC)(CCCC)CCCC)cc(C)c2O)c1.O=C(O)O.[CH3-].[CH3-].[CH3-].[Cr]. The number of phenols is 2. The first-order valence-electron chi connectivity index (χ1n) is 29.9. The summed E-state index contributed by atoms with van der Waals surface area (Å²) in [6.45, 7) is 38.0. The summed E-state index contributed by atoms with van der Waals surface area (Å²) in [4.78, 5) is 18.6. The van der Waals surface area contributed by atoms with E-state index in [-0.39, 0.29) is 56.2 Å². The molecule has 78 heavy (non-hydrogen) atoms. The molecule has 0 radical (unpaired) electrons. The van der Waals surface area contributed by atoms with Gasteiger partial charge in [-0.25, -0.2) is 4.79 Å². The maximum atomic E-state index is 11.7. The van der Waals surface area contributed by atoms with Crippen LogP contribution in [0.25, 0.3) is 0 Å². The maximum Gasteiger partial charge on any atom is 0.503 e. The topological polar surface area (TPSA) is 123 Å². The Morgan fingerprint density at radius 1 is 0.462 bits per heavy atom. The monoisotopic (exact) mass is 1120 g/mol. The Hall–Kier alpha value is -3.68. The fourth-order valence-corrected chi connectivity index (χ4v) is 11.3. The number of aryl methyl sites for hydroxylation is 2. The molecule has 0 heterocycles. The zero-order valence-corrected chi connectivity index (χ0v) is 54.2. The molecule has 0 aromatic heterocycles. The van der Waals surface area contributed by atoms with Gasteiger partial charge in [0.25, 0.3) is 0 Å². The third-order valence-electron chi connectivity index (χ3n) is 16.4. The van der Waals surface area contributed by atoms with Crippen molar-refractivity contribution in [2.75, 3.05) is 52.4 Å². The van der Waals surface area contributed by atoms with Crippen LogP contribution >= 0.6 is 0 Å². The number of hydrogen-bond donors (Lipinski definition) is 4. The maximum absolute atomic E-state index is 11.7.